The molecular formula is C17H35N3O4. The lowest BCUT2D eigenvalue weighted by molar-refractivity contribution is 0.0139. The van der Waals surface area contributed by atoms with E-state index in [1.165, 1.54) is 4.90 Å². The fourth-order valence-corrected chi connectivity index (χ4v) is 1.91. The first-order chi connectivity index (χ1) is 10.9. The molecule has 0 fully saturated rings. The van der Waals surface area contributed by atoms with E-state index in [1.807, 2.05) is 48.5 Å². The lowest BCUT2D eigenvalue weighted by atomic mass is 10.2. The van der Waals surface area contributed by atoms with Gasteiger partial charge in [-0.25, -0.2) is 9.59 Å². The van der Waals surface area contributed by atoms with Crippen LogP contribution in [-0.2, 0) is 9.47 Å². The molecule has 24 heavy (non-hydrogen) atoms. The van der Waals surface area contributed by atoms with Crippen molar-refractivity contribution in [3.05, 3.63) is 0 Å². The third kappa shape index (κ3) is 10.3. The summed E-state index contributed by atoms with van der Waals surface area (Å²) in [4.78, 5) is 27.6. The molecule has 0 bridgehead atoms. The van der Waals surface area contributed by atoms with E-state index in [0.717, 1.165) is 6.42 Å². The Bertz CT molecular complexity index is 362. The average molecular weight is 345 g/mol. The first kappa shape index (κ1) is 22.5. The van der Waals surface area contributed by atoms with E-state index in [0.29, 0.717) is 32.7 Å². The predicted octanol–water partition coefficient (Wildman–Crippen LogP) is 2.83. The van der Waals surface area contributed by atoms with Crippen LogP contribution in [0.25, 0.3) is 0 Å². The quantitative estimate of drug-likeness (QED) is 0.767. The van der Waals surface area contributed by atoms with Crippen molar-refractivity contribution in [3.8, 4) is 0 Å². The maximum Gasteiger partial charge on any atom is 0.410 e. The van der Waals surface area contributed by atoms with Crippen LogP contribution in [0.2, 0.25) is 0 Å². The van der Waals surface area contributed by atoms with E-state index < -0.39 is 17.3 Å². The van der Waals surface area contributed by atoms with Crippen LogP contribution >= 0.6 is 0 Å². The maximum absolute atomic E-state index is 12.3. The van der Waals surface area contributed by atoms with E-state index in [-0.39, 0.29) is 6.09 Å². The Morgan fingerprint density at radius 3 is 1.46 bits per heavy atom. The minimum Gasteiger partial charge on any atom is -0.444 e. The van der Waals surface area contributed by atoms with Gasteiger partial charge in [0.05, 0.1) is 0 Å². The zero-order valence-corrected chi connectivity index (χ0v) is 16.3. The molecule has 0 aromatic heterocycles. The van der Waals surface area contributed by atoms with E-state index in [4.69, 9.17) is 15.2 Å². The number of hydrogen-bond acceptors (Lipinski definition) is 5. The Labute approximate surface area is 146 Å². The maximum atomic E-state index is 12.3. The molecule has 2 N–H and O–H groups in total. The van der Waals surface area contributed by atoms with E-state index in [9.17, 15) is 9.59 Å². The highest BCUT2D eigenvalue weighted by molar-refractivity contribution is 5.69. The van der Waals surface area contributed by atoms with Gasteiger partial charge < -0.3 is 25.0 Å². The standard InChI is InChI=1S/C17H35N3O4/c1-8-10-19(14(21)23-16(2,3)4)12-13-20(11-9-18)15(22)24-17(5,6)7/h8-13,18H2,1-7H3. The highest BCUT2D eigenvalue weighted by atomic mass is 16.6. The number of rotatable bonds is 7. The third-order valence-electron chi connectivity index (χ3n) is 2.84. The normalized spacial score (nSPS) is 11.8. The molecular weight excluding hydrogens is 310 g/mol. The number of hydrogen-bond donors (Lipinski definition) is 1. The SMILES string of the molecule is CCCN(CCN(CCN)C(=O)OC(C)(C)C)C(=O)OC(C)(C)C. The summed E-state index contributed by atoms with van der Waals surface area (Å²) >= 11 is 0. The zero-order chi connectivity index (χ0) is 19.0. The van der Waals surface area contributed by atoms with E-state index >= 15 is 0 Å². The molecule has 0 rings (SSSR count). The van der Waals surface area contributed by atoms with Crippen LogP contribution in [0.3, 0.4) is 0 Å². The Morgan fingerprint density at radius 2 is 1.17 bits per heavy atom. The van der Waals surface area contributed by atoms with Crippen molar-refractivity contribution in [3.63, 3.8) is 0 Å². The molecule has 2 amide bonds. The summed E-state index contributed by atoms with van der Waals surface area (Å²) in [5, 5.41) is 0. The second kappa shape index (κ2) is 9.71. The second-order valence-electron chi connectivity index (χ2n) is 7.72. The predicted molar refractivity (Wildman–Crippen MR) is 95.0 cm³/mol. The van der Waals surface area contributed by atoms with Crippen molar-refractivity contribution in [2.75, 3.05) is 32.7 Å². The number of nitrogens with two attached hydrogens (primary N) is 1. The number of amides is 2. The molecule has 0 aliphatic carbocycles. The Morgan fingerprint density at radius 1 is 0.792 bits per heavy atom. The van der Waals surface area contributed by atoms with Crippen LogP contribution in [0.15, 0.2) is 0 Å². The molecule has 0 radical (unpaired) electrons. The Balaban J connectivity index is 4.81. The first-order valence-electron chi connectivity index (χ1n) is 8.55. The van der Waals surface area contributed by atoms with Crippen LogP contribution < -0.4 is 5.73 Å². The lowest BCUT2D eigenvalue weighted by Crippen LogP contribution is -2.46. The summed E-state index contributed by atoms with van der Waals surface area (Å²) in [6.07, 6.45) is 0.0116. The summed E-state index contributed by atoms with van der Waals surface area (Å²) in [7, 11) is 0. The number of carbonyl (C=O) groups excluding carboxylic acids is 2. The molecule has 7 nitrogen and oxygen atoms in total. The van der Waals surface area contributed by atoms with Crippen molar-refractivity contribution in [1.82, 2.24) is 9.80 Å². The van der Waals surface area contributed by atoms with Gasteiger partial charge in [-0.3, -0.25) is 0 Å². The zero-order valence-electron chi connectivity index (χ0n) is 16.3. The monoisotopic (exact) mass is 345 g/mol. The molecule has 0 spiro atoms. The Kier molecular flexibility index (Phi) is 9.11. The molecule has 0 saturated carbocycles. The van der Waals surface area contributed by atoms with Gasteiger partial charge in [0.25, 0.3) is 0 Å². The third-order valence-corrected chi connectivity index (χ3v) is 2.84. The highest BCUT2D eigenvalue weighted by Gasteiger charge is 2.25. The van der Waals surface area contributed by atoms with Gasteiger partial charge in [0.2, 0.25) is 0 Å². The summed E-state index contributed by atoms with van der Waals surface area (Å²) in [5.74, 6) is 0. The van der Waals surface area contributed by atoms with Crippen molar-refractivity contribution >= 4 is 12.2 Å². The molecule has 0 aromatic carbocycles. The van der Waals surface area contributed by atoms with Crippen LogP contribution in [0, 0.1) is 0 Å². The van der Waals surface area contributed by atoms with Crippen LogP contribution in [0.4, 0.5) is 9.59 Å². The average Bonchev–Trinajstić information content (AvgIpc) is 2.37. The number of nitrogens with zero attached hydrogens (tertiary/aromatic N) is 2. The molecule has 0 aliphatic heterocycles. The van der Waals surface area contributed by atoms with Gasteiger partial charge in [-0.1, -0.05) is 6.92 Å². The van der Waals surface area contributed by atoms with Crippen LogP contribution in [-0.4, -0.2) is 65.9 Å². The summed E-state index contributed by atoms with van der Waals surface area (Å²) < 4.78 is 10.8. The molecule has 0 unspecified atom stereocenters. The van der Waals surface area contributed by atoms with Crippen molar-refractivity contribution in [2.45, 2.75) is 66.1 Å². The molecule has 0 saturated heterocycles. The minimum absolute atomic E-state index is 0.333. The highest BCUT2D eigenvalue weighted by Crippen LogP contribution is 2.12. The smallest absolute Gasteiger partial charge is 0.410 e. The van der Waals surface area contributed by atoms with Crippen LogP contribution in [0.1, 0.15) is 54.9 Å². The van der Waals surface area contributed by atoms with Gasteiger partial charge >= 0.3 is 12.2 Å². The largest absolute Gasteiger partial charge is 0.444 e. The Hall–Kier alpha value is -1.50. The van der Waals surface area contributed by atoms with Crippen LogP contribution in [0.5, 0.6) is 0 Å². The molecule has 0 aromatic rings. The summed E-state index contributed by atoms with van der Waals surface area (Å²) in [5.41, 5.74) is 4.46. The van der Waals surface area contributed by atoms with Gasteiger partial charge in [-0.2, -0.15) is 0 Å². The summed E-state index contributed by atoms with van der Waals surface area (Å²) in [6, 6.07) is 0. The van der Waals surface area contributed by atoms with E-state index in [1.54, 1.807) is 4.90 Å². The van der Waals surface area contributed by atoms with Gasteiger partial charge in [0, 0.05) is 32.7 Å². The molecule has 7 heteroatoms. The fourth-order valence-electron chi connectivity index (χ4n) is 1.91. The van der Waals surface area contributed by atoms with Crippen molar-refractivity contribution < 1.29 is 19.1 Å². The number of carbonyl (C=O) groups is 2. The first-order valence-corrected chi connectivity index (χ1v) is 8.55. The van der Waals surface area contributed by atoms with Gasteiger partial charge in [-0.15, -0.1) is 0 Å². The second-order valence-corrected chi connectivity index (χ2v) is 7.72. The van der Waals surface area contributed by atoms with Gasteiger partial charge in [-0.05, 0) is 48.0 Å². The minimum atomic E-state index is -0.571. The molecule has 0 atom stereocenters. The topological polar surface area (TPSA) is 85.1 Å². The molecule has 142 valence electrons. The summed E-state index contributed by atoms with van der Waals surface area (Å²) in [6.45, 7) is 14.9. The molecule has 0 aliphatic rings. The lowest BCUT2D eigenvalue weighted by Gasteiger charge is -2.31. The van der Waals surface area contributed by atoms with Crippen molar-refractivity contribution in [2.24, 2.45) is 5.73 Å². The van der Waals surface area contributed by atoms with Gasteiger partial charge in [0.15, 0.2) is 0 Å². The molecule has 0 heterocycles. The van der Waals surface area contributed by atoms with Crippen molar-refractivity contribution in [1.29, 1.82) is 0 Å². The number of ether oxygens (including phenoxy) is 2. The fraction of sp³-hybridized carbons (Fsp3) is 0.882. The van der Waals surface area contributed by atoms with E-state index in [2.05, 4.69) is 0 Å². The van der Waals surface area contributed by atoms with Gasteiger partial charge in [0.1, 0.15) is 11.2 Å².